The number of carbonyl (C=O) groups is 3. The number of methoxy groups -OCH3 is 1. The maximum atomic E-state index is 10.8. The van der Waals surface area contributed by atoms with Gasteiger partial charge in [-0.25, -0.2) is 0 Å². The fourth-order valence-corrected chi connectivity index (χ4v) is 1.18. The van der Waals surface area contributed by atoms with Gasteiger partial charge in [-0.05, 0) is 45.0 Å². The van der Waals surface area contributed by atoms with Crippen molar-refractivity contribution in [3.8, 4) is 5.75 Å². The summed E-state index contributed by atoms with van der Waals surface area (Å²) in [6, 6.07) is 7.05. The van der Waals surface area contributed by atoms with Crippen molar-refractivity contribution in [2.45, 2.75) is 27.2 Å². The minimum absolute atomic E-state index is 0. The zero-order chi connectivity index (χ0) is 18.1. The molecule has 0 aliphatic heterocycles. The van der Waals surface area contributed by atoms with Gasteiger partial charge in [-0.15, -0.1) is 0 Å². The number of rotatable bonds is 4. The van der Waals surface area contributed by atoms with Crippen LogP contribution in [0, 0.1) is 0 Å². The Morgan fingerprint density at radius 2 is 1.22 bits per heavy atom. The molecular weight excluding hydrogens is 377 g/mol. The van der Waals surface area contributed by atoms with Crippen molar-refractivity contribution < 1.29 is 62.0 Å². The molecule has 0 amide bonds. The number of Topliss-reactive ketones (excluding diaryl/α,β-unsaturated/α-hetero) is 3. The number of aliphatic hydroxyl groups is 2. The van der Waals surface area contributed by atoms with E-state index in [0.29, 0.717) is 5.56 Å². The summed E-state index contributed by atoms with van der Waals surface area (Å²) in [7, 11) is 3.60. The van der Waals surface area contributed by atoms with Crippen LogP contribution in [-0.4, -0.2) is 48.9 Å². The number of aliphatic hydroxyl groups excluding tert-OH is 2. The quantitative estimate of drug-likeness (QED) is 0.586. The monoisotopic (exact) mass is 403 g/mol. The summed E-state index contributed by atoms with van der Waals surface area (Å²) in [6.45, 7) is 4.35. The second kappa shape index (κ2) is 21.1. The van der Waals surface area contributed by atoms with Gasteiger partial charge >= 0.3 is 0 Å². The van der Waals surface area contributed by atoms with E-state index in [0.717, 1.165) is 20.0 Å². The van der Waals surface area contributed by atoms with Crippen LogP contribution in [0.1, 0.15) is 37.6 Å². The van der Waals surface area contributed by atoms with Gasteiger partial charge in [0.2, 0.25) is 0 Å². The minimum Gasteiger partial charge on any atom is -0.497 e. The summed E-state index contributed by atoms with van der Waals surface area (Å²) in [6.07, 6.45) is 0.0833. The third-order valence-electron chi connectivity index (χ3n) is 1.99. The molecule has 0 fully saturated rings. The minimum atomic E-state index is -0.0625. The molecule has 0 bridgehead atoms. The van der Waals surface area contributed by atoms with Crippen LogP contribution in [0.15, 0.2) is 24.3 Å². The van der Waals surface area contributed by atoms with Crippen molar-refractivity contribution >= 4 is 17.3 Å². The number of ether oxygens (including phenoxy) is 1. The zero-order valence-corrected chi connectivity index (χ0v) is 17.5. The molecule has 1 rings (SSSR count). The molecule has 1 aromatic carbocycles. The van der Waals surface area contributed by atoms with E-state index in [9.17, 15) is 14.4 Å². The first-order valence-electron chi connectivity index (χ1n) is 6.40. The predicted octanol–water partition coefficient (Wildman–Crippen LogP) is 1.67. The Morgan fingerprint density at radius 3 is 1.39 bits per heavy atom. The van der Waals surface area contributed by atoms with E-state index in [1.54, 1.807) is 38.3 Å². The van der Waals surface area contributed by atoms with Crippen LogP contribution in [0.4, 0.5) is 0 Å². The molecule has 0 aliphatic carbocycles. The molecule has 0 spiro atoms. The third kappa shape index (κ3) is 21.1. The van der Waals surface area contributed by atoms with Crippen LogP contribution < -0.4 is 4.74 Å². The molecule has 7 heteroatoms. The number of hydrogen-bond donors (Lipinski definition) is 2. The largest absolute Gasteiger partial charge is 0.497 e. The maximum absolute atomic E-state index is 10.8. The summed E-state index contributed by atoms with van der Waals surface area (Å²) in [5, 5.41) is 14.0. The first kappa shape index (κ1) is 30.0. The Balaban J connectivity index is -0.000000132. The van der Waals surface area contributed by atoms with E-state index in [1.807, 2.05) is 0 Å². The molecule has 0 aromatic heterocycles. The molecule has 23 heavy (non-hydrogen) atoms. The third-order valence-corrected chi connectivity index (χ3v) is 1.99. The van der Waals surface area contributed by atoms with Gasteiger partial charge in [0.25, 0.3) is 0 Å². The Labute approximate surface area is 163 Å². The standard InChI is InChI=1S/C9H10O2.C5H8O2.2CH4O.Y/c1-7(10)8-3-5-9(11-2)6-4-8;1-4(6)3-5(2)7;2*1-2;/h3-6H,1-2H3;3H2,1-2H3;2*2H,1H3;. The molecule has 2 N–H and O–H groups in total. The van der Waals surface area contributed by atoms with Crippen molar-refractivity contribution in [3.63, 3.8) is 0 Å². The van der Waals surface area contributed by atoms with Gasteiger partial charge in [-0.2, -0.15) is 0 Å². The van der Waals surface area contributed by atoms with Crippen LogP contribution in [0.5, 0.6) is 5.75 Å². The predicted molar refractivity (Wildman–Crippen MR) is 85.3 cm³/mol. The molecule has 0 saturated carbocycles. The van der Waals surface area contributed by atoms with E-state index < -0.39 is 0 Å². The second-order valence-corrected chi connectivity index (χ2v) is 3.87. The summed E-state index contributed by atoms with van der Waals surface area (Å²) >= 11 is 0. The molecule has 1 radical (unpaired) electrons. The number of hydrogen-bond acceptors (Lipinski definition) is 6. The fourth-order valence-electron chi connectivity index (χ4n) is 1.18. The molecule has 0 unspecified atom stereocenters. The van der Waals surface area contributed by atoms with Crippen molar-refractivity contribution in [2.75, 3.05) is 21.3 Å². The first-order valence-corrected chi connectivity index (χ1v) is 6.40. The van der Waals surface area contributed by atoms with Crippen LogP contribution >= 0.6 is 0 Å². The van der Waals surface area contributed by atoms with E-state index >= 15 is 0 Å². The van der Waals surface area contributed by atoms with Gasteiger partial charge in [0, 0.05) is 52.5 Å². The number of ketones is 3. The number of carbonyl (C=O) groups excluding carboxylic acids is 3. The van der Waals surface area contributed by atoms with Crippen LogP contribution in [-0.2, 0) is 42.3 Å². The smallest absolute Gasteiger partial charge is 0.159 e. The fraction of sp³-hybridized carbons (Fsp3) is 0.438. The first-order chi connectivity index (χ1) is 10.4. The Kier molecular flexibility index (Phi) is 27.5. The van der Waals surface area contributed by atoms with Crippen molar-refractivity contribution in [1.29, 1.82) is 0 Å². The van der Waals surface area contributed by atoms with E-state index in [-0.39, 0.29) is 56.5 Å². The number of benzene rings is 1. The zero-order valence-electron chi connectivity index (χ0n) is 14.6. The van der Waals surface area contributed by atoms with E-state index in [1.165, 1.54) is 13.8 Å². The molecule has 129 valence electrons. The van der Waals surface area contributed by atoms with Gasteiger partial charge < -0.3 is 14.9 Å². The molecular formula is C16H26O6Y. The van der Waals surface area contributed by atoms with Crippen molar-refractivity contribution in [2.24, 2.45) is 0 Å². The average molecular weight is 403 g/mol. The summed E-state index contributed by atoms with van der Waals surface area (Å²) < 4.78 is 4.94. The summed E-state index contributed by atoms with van der Waals surface area (Å²) in [5.74, 6) is 0.725. The molecule has 1 aromatic rings. The van der Waals surface area contributed by atoms with Gasteiger partial charge in [0.05, 0.1) is 13.5 Å². The SMILES string of the molecule is CC(=O)CC(C)=O.CO.CO.COc1ccc(C(C)=O)cc1.[Y]. The van der Waals surface area contributed by atoms with Crippen LogP contribution in [0.3, 0.4) is 0 Å². The Morgan fingerprint density at radius 1 is 0.870 bits per heavy atom. The Hall–Kier alpha value is -0.946. The average Bonchev–Trinajstić information content (AvgIpc) is 2.50. The maximum Gasteiger partial charge on any atom is 0.159 e. The Bertz CT molecular complexity index is 417. The van der Waals surface area contributed by atoms with Crippen LogP contribution in [0.2, 0.25) is 0 Å². The second-order valence-electron chi connectivity index (χ2n) is 3.87. The summed E-state index contributed by atoms with van der Waals surface area (Å²) in [4.78, 5) is 30.9. The van der Waals surface area contributed by atoms with Crippen molar-refractivity contribution in [1.82, 2.24) is 0 Å². The van der Waals surface area contributed by atoms with Crippen molar-refractivity contribution in [3.05, 3.63) is 29.8 Å². The molecule has 0 aliphatic rings. The van der Waals surface area contributed by atoms with E-state index in [4.69, 9.17) is 14.9 Å². The normalized spacial score (nSPS) is 7.48. The molecule has 0 atom stereocenters. The van der Waals surface area contributed by atoms with E-state index in [2.05, 4.69) is 0 Å². The van der Waals surface area contributed by atoms with Gasteiger partial charge in [-0.3, -0.25) is 14.4 Å². The molecule has 0 heterocycles. The van der Waals surface area contributed by atoms with Crippen LogP contribution in [0.25, 0.3) is 0 Å². The van der Waals surface area contributed by atoms with Gasteiger partial charge in [-0.1, -0.05) is 0 Å². The molecule has 6 nitrogen and oxygen atoms in total. The molecule has 0 saturated heterocycles. The summed E-state index contributed by atoms with van der Waals surface area (Å²) in [5.41, 5.74) is 0.714. The topological polar surface area (TPSA) is 101 Å². The van der Waals surface area contributed by atoms with Gasteiger partial charge in [0.1, 0.15) is 17.3 Å². The van der Waals surface area contributed by atoms with Gasteiger partial charge in [0.15, 0.2) is 5.78 Å².